The molecule has 0 saturated carbocycles. The van der Waals surface area contributed by atoms with E-state index in [0.29, 0.717) is 30.1 Å². The van der Waals surface area contributed by atoms with Gasteiger partial charge in [0, 0.05) is 31.3 Å². The lowest BCUT2D eigenvalue weighted by Gasteiger charge is -2.31. The first-order valence-corrected chi connectivity index (χ1v) is 6.96. The van der Waals surface area contributed by atoms with Crippen LogP contribution < -0.4 is 10.5 Å². The van der Waals surface area contributed by atoms with Gasteiger partial charge >= 0.3 is 5.97 Å². The number of benzene rings is 1. The van der Waals surface area contributed by atoms with Crippen LogP contribution in [0, 0.1) is 5.92 Å². The number of piperidine rings is 1. The lowest BCUT2D eigenvalue weighted by molar-refractivity contribution is -0.138. The summed E-state index contributed by atoms with van der Waals surface area (Å²) >= 11 is 0. The van der Waals surface area contributed by atoms with E-state index in [1.54, 1.807) is 23.1 Å². The molecule has 0 unspecified atom stereocenters. The molecule has 1 amide bonds. The summed E-state index contributed by atoms with van der Waals surface area (Å²) in [6, 6.07) is 4.97. The van der Waals surface area contributed by atoms with Gasteiger partial charge in [-0.3, -0.25) is 9.59 Å². The molecule has 0 aromatic heterocycles. The molecular formula is C15H20N2O4. The Hall–Kier alpha value is -2.24. The topological polar surface area (TPSA) is 92.9 Å². The van der Waals surface area contributed by atoms with Gasteiger partial charge in [0.1, 0.15) is 5.75 Å². The maximum absolute atomic E-state index is 12.5. The van der Waals surface area contributed by atoms with E-state index in [0.717, 1.165) is 12.8 Å². The van der Waals surface area contributed by atoms with Crippen molar-refractivity contribution in [3.63, 3.8) is 0 Å². The van der Waals surface area contributed by atoms with Crippen molar-refractivity contribution >= 4 is 17.6 Å². The van der Waals surface area contributed by atoms with E-state index in [2.05, 4.69) is 0 Å². The predicted molar refractivity (Wildman–Crippen MR) is 78.3 cm³/mol. The van der Waals surface area contributed by atoms with Gasteiger partial charge in [0.05, 0.1) is 12.7 Å². The van der Waals surface area contributed by atoms with Gasteiger partial charge in [-0.05, 0) is 30.9 Å². The molecule has 6 heteroatoms. The van der Waals surface area contributed by atoms with Crippen molar-refractivity contribution in [2.45, 2.75) is 19.3 Å². The Morgan fingerprint density at radius 1 is 1.38 bits per heavy atom. The third kappa shape index (κ3) is 3.65. The van der Waals surface area contributed by atoms with Crippen LogP contribution in [0.15, 0.2) is 18.2 Å². The number of carboxylic acids is 1. The molecule has 0 atom stereocenters. The normalized spacial score (nSPS) is 15.8. The summed E-state index contributed by atoms with van der Waals surface area (Å²) in [4.78, 5) is 25.0. The Morgan fingerprint density at radius 3 is 2.62 bits per heavy atom. The Bertz CT molecular complexity index is 536. The number of amides is 1. The second kappa shape index (κ2) is 6.47. The fourth-order valence-electron chi connectivity index (χ4n) is 2.64. The fraction of sp³-hybridized carbons (Fsp3) is 0.467. The molecule has 1 aliphatic rings. The minimum absolute atomic E-state index is 0.0966. The van der Waals surface area contributed by atoms with Crippen LogP contribution in [0.5, 0.6) is 5.75 Å². The second-order valence-corrected chi connectivity index (χ2v) is 5.29. The van der Waals surface area contributed by atoms with Crippen LogP contribution >= 0.6 is 0 Å². The first-order valence-electron chi connectivity index (χ1n) is 6.96. The molecule has 0 aliphatic carbocycles. The summed E-state index contributed by atoms with van der Waals surface area (Å²) in [5, 5.41) is 8.80. The van der Waals surface area contributed by atoms with Crippen molar-refractivity contribution in [1.82, 2.24) is 4.90 Å². The zero-order chi connectivity index (χ0) is 15.4. The molecule has 1 aliphatic heterocycles. The van der Waals surface area contributed by atoms with Crippen molar-refractivity contribution < 1.29 is 19.4 Å². The number of likely N-dealkylation sites (tertiary alicyclic amines) is 1. The highest BCUT2D eigenvalue weighted by molar-refractivity contribution is 5.97. The lowest BCUT2D eigenvalue weighted by atomic mass is 9.93. The van der Waals surface area contributed by atoms with Gasteiger partial charge in [0.2, 0.25) is 0 Å². The van der Waals surface area contributed by atoms with Crippen LogP contribution in [-0.2, 0) is 4.79 Å². The van der Waals surface area contributed by atoms with Gasteiger partial charge in [-0.1, -0.05) is 0 Å². The van der Waals surface area contributed by atoms with Crippen molar-refractivity contribution in [3.8, 4) is 5.75 Å². The smallest absolute Gasteiger partial charge is 0.303 e. The maximum atomic E-state index is 12.5. The fourth-order valence-corrected chi connectivity index (χ4v) is 2.64. The highest BCUT2D eigenvalue weighted by atomic mass is 16.5. The van der Waals surface area contributed by atoms with E-state index in [9.17, 15) is 9.59 Å². The number of nitrogens with zero attached hydrogens (tertiary/aromatic N) is 1. The SMILES string of the molecule is COc1cc(N)ccc1C(=O)N1CCC(CC(=O)O)CC1. The number of hydrogen-bond acceptors (Lipinski definition) is 4. The number of rotatable bonds is 4. The van der Waals surface area contributed by atoms with Crippen LogP contribution in [0.25, 0.3) is 0 Å². The highest BCUT2D eigenvalue weighted by Crippen LogP contribution is 2.26. The summed E-state index contributed by atoms with van der Waals surface area (Å²) in [6.07, 6.45) is 1.61. The number of ether oxygens (including phenoxy) is 1. The molecule has 1 heterocycles. The summed E-state index contributed by atoms with van der Waals surface area (Å²) in [5.74, 6) is -0.256. The third-order valence-corrected chi connectivity index (χ3v) is 3.82. The molecular weight excluding hydrogens is 272 g/mol. The minimum Gasteiger partial charge on any atom is -0.496 e. The Labute approximate surface area is 123 Å². The molecule has 114 valence electrons. The first-order chi connectivity index (χ1) is 10.0. The molecule has 1 aromatic rings. The zero-order valence-corrected chi connectivity index (χ0v) is 12.0. The molecule has 1 saturated heterocycles. The molecule has 3 N–H and O–H groups in total. The molecule has 0 spiro atoms. The summed E-state index contributed by atoms with van der Waals surface area (Å²) in [7, 11) is 1.50. The quantitative estimate of drug-likeness (QED) is 0.822. The molecule has 1 aromatic carbocycles. The summed E-state index contributed by atoms with van der Waals surface area (Å²) in [6.45, 7) is 1.15. The van der Waals surface area contributed by atoms with Gasteiger partial charge in [-0.15, -0.1) is 0 Å². The number of nitrogen functional groups attached to an aromatic ring is 1. The van der Waals surface area contributed by atoms with Crippen LogP contribution in [0.2, 0.25) is 0 Å². The van der Waals surface area contributed by atoms with E-state index < -0.39 is 5.97 Å². The van der Waals surface area contributed by atoms with Gasteiger partial charge in [-0.25, -0.2) is 0 Å². The van der Waals surface area contributed by atoms with Crippen molar-refractivity contribution in [2.24, 2.45) is 5.92 Å². The van der Waals surface area contributed by atoms with E-state index in [-0.39, 0.29) is 18.2 Å². The number of methoxy groups -OCH3 is 1. The monoisotopic (exact) mass is 292 g/mol. The molecule has 6 nitrogen and oxygen atoms in total. The van der Waals surface area contributed by atoms with Crippen LogP contribution in [0.3, 0.4) is 0 Å². The molecule has 0 bridgehead atoms. The molecule has 21 heavy (non-hydrogen) atoms. The average molecular weight is 292 g/mol. The largest absolute Gasteiger partial charge is 0.496 e. The number of carbonyl (C=O) groups excluding carboxylic acids is 1. The van der Waals surface area contributed by atoms with Gasteiger partial charge in [-0.2, -0.15) is 0 Å². The van der Waals surface area contributed by atoms with Gasteiger partial charge in [0.15, 0.2) is 0 Å². The van der Waals surface area contributed by atoms with Gasteiger partial charge in [0.25, 0.3) is 5.91 Å². The predicted octanol–water partition coefficient (Wildman–Crippen LogP) is 1.60. The third-order valence-electron chi connectivity index (χ3n) is 3.82. The van der Waals surface area contributed by atoms with E-state index in [4.69, 9.17) is 15.6 Å². The lowest BCUT2D eigenvalue weighted by Crippen LogP contribution is -2.39. The average Bonchev–Trinajstić information content (AvgIpc) is 2.46. The maximum Gasteiger partial charge on any atom is 0.303 e. The zero-order valence-electron chi connectivity index (χ0n) is 12.0. The van der Waals surface area contributed by atoms with E-state index in [1.165, 1.54) is 7.11 Å². The first kappa shape index (κ1) is 15.2. The number of hydrogen-bond donors (Lipinski definition) is 2. The number of carbonyl (C=O) groups is 2. The van der Waals surface area contributed by atoms with Crippen molar-refractivity contribution in [2.75, 3.05) is 25.9 Å². The Kier molecular flexibility index (Phi) is 4.67. The Morgan fingerprint density at radius 2 is 2.05 bits per heavy atom. The van der Waals surface area contributed by atoms with E-state index in [1.807, 2.05) is 0 Å². The van der Waals surface area contributed by atoms with Crippen LogP contribution in [0.1, 0.15) is 29.6 Å². The van der Waals surface area contributed by atoms with Crippen LogP contribution in [0.4, 0.5) is 5.69 Å². The Balaban J connectivity index is 2.03. The number of aliphatic carboxylic acids is 1. The number of anilines is 1. The van der Waals surface area contributed by atoms with Crippen molar-refractivity contribution in [3.05, 3.63) is 23.8 Å². The molecule has 1 fully saturated rings. The van der Waals surface area contributed by atoms with Gasteiger partial charge < -0.3 is 20.5 Å². The standard InChI is InChI=1S/C15H20N2O4/c1-21-13-9-11(16)2-3-12(13)15(20)17-6-4-10(5-7-17)8-14(18)19/h2-3,9-10H,4-8,16H2,1H3,(H,18,19). The summed E-state index contributed by atoms with van der Waals surface area (Å²) < 4.78 is 5.21. The van der Waals surface area contributed by atoms with E-state index >= 15 is 0 Å². The highest BCUT2D eigenvalue weighted by Gasteiger charge is 2.26. The summed E-state index contributed by atoms with van der Waals surface area (Å²) in [5.41, 5.74) is 6.72. The molecule has 0 radical (unpaired) electrons. The molecule has 2 rings (SSSR count). The van der Waals surface area contributed by atoms with Crippen molar-refractivity contribution in [1.29, 1.82) is 0 Å². The minimum atomic E-state index is -0.778. The number of nitrogens with two attached hydrogens (primary N) is 1. The van der Waals surface area contributed by atoms with Crippen LogP contribution in [-0.4, -0.2) is 42.1 Å². The number of carboxylic acid groups (broad SMARTS) is 1. The second-order valence-electron chi connectivity index (χ2n) is 5.29.